The van der Waals surface area contributed by atoms with E-state index in [1.807, 2.05) is 12.1 Å². The molecule has 0 fully saturated rings. The quantitative estimate of drug-likeness (QED) is 0.822. The summed E-state index contributed by atoms with van der Waals surface area (Å²) in [6.07, 6.45) is 0. The largest absolute Gasteiger partial charge is 0.398 e. The Balaban J connectivity index is 2.47. The Morgan fingerprint density at radius 2 is 1.74 bits per heavy atom. The van der Waals surface area contributed by atoms with Crippen LogP contribution in [0.15, 0.2) is 36.4 Å². The molecule has 0 spiro atoms. The van der Waals surface area contributed by atoms with Gasteiger partial charge in [0.05, 0.1) is 10.7 Å². The van der Waals surface area contributed by atoms with Crippen LogP contribution in [0.4, 0.5) is 17.1 Å². The Labute approximate surface area is 119 Å². The number of nitrogens with zero attached hydrogens (tertiary/aromatic N) is 1. The molecule has 0 aliphatic heterocycles. The van der Waals surface area contributed by atoms with Gasteiger partial charge in [0, 0.05) is 17.9 Å². The van der Waals surface area contributed by atoms with Crippen LogP contribution < -0.4 is 10.6 Å². The summed E-state index contributed by atoms with van der Waals surface area (Å²) >= 11 is 6.15. The lowest BCUT2D eigenvalue weighted by Crippen LogP contribution is -2.17. The molecule has 2 nitrogen and oxygen atoms in total. The molecule has 0 aliphatic carbocycles. The third-order valence-electron chi connectivity index (χ3n) is 3.27. The molecule has 2 aromatic carbocycles. The molecule has 100 valence electrons. The summed E-state index contributed by atoms with van der Waals surface area (Å²) in [7, 11) is 0. The molecular weight excluding hydrogens is 256 g/mol. The summed E-state index contributed by atoms with van der Waals surface area (Å²) in [6, 6.07) is 12.4. The van der Waals surface area contributed by atoms with Gasteiger partial charge in [0.2, 0.25) is 0 Å². The molecule has 2 aromatic rings. The number of halogens is 1. The van der Waals surface area contributed by atoms with E-state index < -0.39 is 0 Å². The Bertz CT molecular complexity index is 576. The highest BCUT2D eigenvalue weighted by atomic mass is 35.5. The highest BCUT2D eigenvalue weighted by Gasteiger charge is 2.12. The first-order chi connectivity index (χ1) is 9.02. The minimum Gasteiger partial charge on any atom is -0.398 e. The van der Waals surface area contributed by atoms with Gasteiger partial charge in [0.1, 0.15) is 0 Å². The van der Waals surface area contributed by atoms with Gasteiger partial charge in [0.15, 0.2) is 0 Å². The van der Waals surface area contributed by atoms with E-state index >= 15 is 0 Å². The predicted octanol–water partition coefficient (Wildman–Crippen LogP) is 4.70. The van der Waals surface area contributed by atoms with Gasteiger partial charge in [-0.3, -0.25) is 0 Å². The molecule has 0 unspecified atom stereocenters. The molecule has 0 radical (unpaired) electrons. The highest BCUT2D eigenvalue weighted by molar-refractivity contribution is 6.33. The van der Waals surface area contributed by atoms with Gasteiger partial charge in [0.25, 0.3) is 0 Å². The van der Waals surface area contributed by atoms with E-state index in [0.717, 1.165) is 23.5 Å². The minimum atomic E-state index is 0.603. The number of aryl methyl sites for hydroxylation is 2. The summed E-state index contributed by atoms with van der Waals surface area (Å²) in [5.74, 6) is 0. The maximum atomic E-state index is 6.15. The molecule has 0 aromatic heterocycles. The van der Waals surface area contributed by atoms with Crippen LogP contribution in [0.25, 0.3) is 0 Å². The fraction of sp³-hybridized carbons (Fsp3) is 0.250. The topological polar surface area (TPSA) is 29.3 Å². The molecule has 2 rings (SSSR count). The van der Waals surface area contributed by atoms with Crippen molar-refractivity contribution in [2.24, 2.45) is 0 Å². The smallest absolute Gasteiger partial charge is 0.0656 e. The summed E-state index contributed by atoms with van der Waals surface area (Å²) in [6.45, 7) is 7.15. The Morgan fingerprint density at radius 1 is 1.11 bits per heavy atom. The van der Waals surface area contributed by atoms with Crippen LogP contribution in [0.2, 0.25) is 5.02 Å². The second-order valence-corrected chi connectivity index (χ2v) is 5.15. The van der Waals surface area contributed by atoms with Gasteiger partial charge in [-0.05, 0) is 50.6 Å². The Kier molecular flexibility index (Phi) is 4.01. The maximum Gasteiger partial charge on any atom is 0.0656 e. The van der Waals surface area contributed by atoms with Crippen molar-refractivity contribution in [3.63, 3.8) is 0 Å². The van der Waals surface area contributed by atoms with Crippen molar-refractivity contribution in [2.45, 2.75) is 20.8 Å². The van der Waals surface area contributed by atoms with E-state index in [0.29, 0.717) is 10.7 Å². The third kappa shape index (κ3) is 2.85. The van der Waals surface area contributed by atoms with Gasteiger partial charge in [-0.1, -0.05) is 29.3 Å². The number of hydrogen-bond acceptors (Lipinski definition) is 2. The summed E-state index contributed by atoms with van der Waals surface area (Å²) in [4.78, 5) is 2.24. The summed E-state index contributed by atoms with van der Waals surface area (Å²) < 4.78 is 0. The zero-order valence-electron chi connectivity index (χ0n) is 11.6. The number of hydrogen-bond donors (Lipinski definition) is 1. The second-order valence-electron chi connectivity index (χ2n) is 4.74. The molecule has 2 N–H and O–H groups in total. The average Bonchev–Trinajstić information content (AvgIpc) is 2.38. The first-order valence-electron chi connectivity index (χ1n) is 6.42. The fourth-order valence-electron chi connectivity index (χ4n) is 2.20. The van der Waals surface area contributed by atoms with Crippen LogP contribution in [-0.4, -0.2) is 6.54 Å². The molecule has 0 bridgehead atoms. The SMILES string of the molecule is CCN(c1ccc(C)cc1)c1cc(Cl)c(N)cc1C. The molecule has 0 atom stereocenters. The van der Waals surface area contributed by atoms with Crippen molar-refractivity contribution in [2.75, 3.05) is 17.2 Å². The number of rotatable bonds is 3. The van der Waals surface area contributed by atoms with E-state index in [1.165, 1.54) is 5.56 Å². The lowest BCUT2D eigenvalue weighted by Gasteiger charge is -2.26. The van der Waals surface area contributed by atoms with Crippen molar-refractivity contribution in [1.29, 1.82) is 0 Å². The minimum absolute atomic E-state index is 0.603. The number of nitrogens with two attached hydrogens (primary N) is 1. The van der Waals surface area contributed by atoms with Crippen LogP contribution in [0, 0.1) is 13.8 Å². The molecule has 0 saturated heterocycles. The first-order valence-corrected chi connectivity index (χ1v) is 6.80. The van der Waals surface area contributed by atoms with Gasteiger partial charge >= 0.3 is 0 Å². The van der Waals surface area contributed by atoms with Gasteiger partial charge < -0.3 is 10.6 Å². The van der Waals surface area contributed by atoms with Gasteiger partial charge in [-0.25, -0.2) is 0 Å². The van der Waals surface area contributed by atoms with Crippen molar-refractivity contribution < 1.29 is 0 Å². The molecule has 0 heterocycles. The van der Waals surface area contributed by atoms with Crippen molar-refractivity contribution in [3.8, 4) is 0 Å². The molecule has 3 heteroatoms. The lowest BCUT2D eigenvalue weighted by atomic mass is 10.1. The molecule has 0 aliphatic rings. The van der Waals surface area contributed by atoms with Crippen LogP contribution >= 0.6 is 11.6 Å². The highest BCUT2D eigenvalue weighted by Crippen LogP contribution is 2.33. The van der Waals surface area contributed by atoms with Crippen LogP contribution in [0.5, 0.6) is 0 Å². The van der Waals surface area contributed by atoms with Crippen LogP contribution in [0.3, 0.4) is 0 Å². The summed E-state index contributed by atoms with van der Waals surface area (Å²) in [5.41, 5.74) is 11.1. The molecule has 19 heavy (non-hydrogen) atoms. The van der Waals surface area contributed by atoms with E-state index in [4.69, 9.17) is 17.3 Å². The molecule has 0 saturated carbocycles. The second kappa shape index (κ2) is 5.54. The average molecular weight is 275 g/mol. The maximum absolute atomic E-state index is 6.15. The first kappa shape index (κ1) is 13.8. The predicted molar refractivity (Wildman–Crippen MR) is 84.5 cm³/mol. The number of nitrogen functional groups attached to an aromatic ring is 1. The van der Waals surface area contributed by atoms with E-state index in [9.17, 15) is 0 Å². The van der Waals surface area contributed by atoms with E-state index in [1.54, 1.807) is 0 Å². The number of benzene rings is 2. The van der Waals surface area contributed by atoms with Crippen LogP contribution in [0.1, 0.15) is 18.1 Å². The van der Waals surface area contributed by atoms with E-state index in [-0.39, 0.29) is 0 Å². The fourth-order valence-corrected chi connectivity index (χ4v) is 2.36. The van der Waals surface area contributed by atoms with Crippen molar-refractivity contribution in [1.82, 2.24) is 0 Å². The monoisotopic (exact) mass is 274 g/mol. The van der Waals surface area contributed by atoms with Crippen molar-refractivity contribution in [3.05, 3.63) is 52.5 Å². The lowest BCUT2D eigenvalue weighted by molar-refractivity contribution is 1.01. The van der Waals surface area contributed by atoms with E-state index in [2.05, 4.69) is 49.9 Å². The standard InChI is InChI=1S/C16H19ClN2/c1-4-19(13-7-5-11(2)6-8-13)16-10-14(17)15(18)9-12(16)3/h5-10H,4,18H2,1-3H3. The van der Waals surface area contributed by atoms with Gasteiger partial charge in [-0.2, -0.15) is 0 Å². The third-order valence-corrected chi connectivity index (χ3v) is 3.60. The Morgan fingerprint density at radius 3 is 2.32 bits per heavy atom. The zero-order valence-corrected chi connectivity index (χ0v) is 12.3. The normalized spacial score (nSPS) is 10.5. The van der Waals surface area contributed by atoms with Crippen molar-refractivity contribution >= 4 is 28.7 Å². The Hall–Kier alpha value is -1.67. The number of anilines is 3. The zero-order chi connectivity index (χ0) is 14.0. The van der Waals surface area contributed by atoms with Crippen LogP contribution in [-0.2, 0) is 0 Å². The van der Waals surface area contributed by atoms with Gasteiger partial charge in [-0.15, -0.1) is 0 Å². The molecular formula is C16H19ClN2. The molecule has 0 amide bonds. The summed E-state index contributed by atoms with van der Waals surface area (Å²) in [5, 5.41) is 0.603.